The van der Waals surface area contributed by atoms with Gasteiger partial charge in [-0.1, -0.05) is 54.2 Å². The average molecular weight is 535 g/mol. The van der Waals surface area contributed by atoms with E-state index in [1.165, 1.54) is 0 Å². The molecule has 6 nitrogen and oxygen atoms in total. The zero-order valence-electron chi connectivity index (χ0n) is 22.1. The molecule has 6 heteroatoms. The molecule has 0 aliphatic rings. The van der Waals surface area contributed by atoms with Crippen molar-refractivity contribution in [2.75, 3.05) is 0 Å². The highest BCUT2D eigenvalue weighted by Gasteiger charge is 2.01. The summed E-state index contributed by atoms with van der Waals surface area (Å²) >= 11 is 0. The average Bonchev–Trinajstić information content (AvgIpc) is 3.05. The Morgan fingerprint density at radius 2 is 0.619 bits per heavy atom. The van der Waals surface area contributed by atoms with Crippen LogP contribution in [0.2, 0.25) is 0 Å². The van der Waals surface area contributed by atoms with Crippen molar-refractivity contribution in [2.45, 2.75) is 0 Å². The molecule has 0 aliphatic carbocycles. The largest absolute Gasteiger partial charge is 0.252 e. The Morgan fingerprint density at radius 3 is 0.929 bits per heavy atom. The van der Waals surface area contributed by atoms with Crippen LogP contribution in [0.3, 0.4) is 0 Å². The fourth-order valence-corrected chi connectivity index (χ4v) is 4.30. The van der Waals surface area contributed by atoms with Gasteiger partial charge in [-0.15, -0.1) is 0 Å². The van der Waals surface area contributed by atoms with Gasteiger partial charge in [0.05, 0.1) is 51.7 Å². The smallest absolute Gasteiger partial charge is 0.132 e. The van der Waals surface area contributed by atoms with Gasteiger partial charge in [0.2, 0.25) is 0 Å². The number of fused-ring (bicyclic) bond motifs is 3. The van der Waals surface area contributed by atoms with E-state index in [2.05, 4.69) is 65.4 Å². The maximum absolute atomic E-state index is 4.61. The van der Waals surface area contributed by atoms with E-state index in [0.717, 1.165) is 49.8 Å². The SMILES string of the molecule is C(#Cc1cnc2ccccc2n1)c1cc(C#Cc2cnc3ccccc3n2)cc(C#Cc2cnc3ccccc3n2)c1. The summed E-state index contributed by atoms with van der Waals surface area (Å²) in [4.78, 5) is 27.2. The Labute approximate surface area is 241 Å². The van der Waals surface area contributed by atoms with Gasteiger partial charge in [-0.3, -0.25) is 15.0 Å². The molecule has 0 saturated heterocycles. The Balaban J connectivity index is 1.27. The molecule has 7 rings (SSSR count). The highest BCUT2D eigenvalue weighted by Crippen LogP contribution is 2.13. The standard InChI is InChI=1S/C36H18N6/c1-4-10-34-31(7-1)37-22-28(40-34)16-13-25-19-26(14-17-29-23-38-32-8-2-5-11-35(32)41-29)21-27(20-25)15-18-30-24-39-33-9-3-6-12-36(33)42-30/h1-12,19-24H. The van der Waals surface area contributed by atoms with Gasteiger partial charge >= 0.3 is 0 Å². The Kier molecular flexibility index (Phi) is 6.44. The van der Waals surface area contributed by atoms with Crippen molar-refractivity contribution < 1.29 is 0 Å². The summed E-state index contributed by atoms with van der Waals surface area (Å²) in [7, 11) is 0. The molecule has 42 heavy (non-hydrogen) atoms. The first-order valence-corrected chi connectivity index (χ1v) is 13.1. The summed E-state index contributed by atoms with van der Waals surface area (Å²) in [6.07, 6.45) is 5.03. The van der Waals surface area contributed by atoms with E-state index in [-0.39, 0.29) is 0 Å². The highest BCUT2D eigenvalue weighted by molar-refractivity contribution is 5.75. The van der Waals surface area contributed by atoms with Crippen molar-refractivity contribution in [1.82, 2.24) is 29.9 Å². The predicted octanol–water partition coefficient (Wildman–Crippen LogP) is 5.72. The Hall–Kier alpha value is -6.42. The number of aromatic nitrogens is 6. The van der Waals surface area contributed by atoms with Gasteiger partial charge in [0.1, 0.15) is 17.1 Å². The van der Waals surface area contributed by atoms with Crippen LogP contribution in [-0.2, 0) is 0 Å². The van der Waals surface area contributed by atoms with Crippen molar-refractivity contribution in [3.05, 3.63) is 143 Å². The molecule has 3 aromatic heterocycles. The van der Waals surface area contributed by atoms with Crippen molar-refractivity contribution in [3.8, 4) is 35.5 Å². The van der Waals surface area contributed by atoms with Crippen molar-refractivity contribution in [3.63, 3.8) is 0 Å². The van der Waals surface area contributed by atoms with Crippen LogP contribution in [0, 0.1) is 35.5 Å². The molecule has 0 spiro atoms. The number of rotatable bonds is 0. The van der Waals surface area contributed by atoms with Crippen LogP contribution in [-0.4, -0.2) is 29.9 Å². The number of para-hydroxylation sites is 6. The zero-order chi connectivity index (χ0) is 28.1. The molecule has 192 valence electrons. The third-order valence-corrected chi connectivity index (χ3v) is 6.28. The van der Waals surface area contributed by atoms with E-state index in [1.807, 2.05) is 91.0 Å². The molecule has 0 fully saturated rings. The maximum Gasteiger partial charge on any atom is 0.132 e. The second-order valence-electron chi connectivity index (χ2n) is 9.28. The van der Waals surface area contributed by atoms with Crippen molar-refractivity contribution >= 4 is 33.1 Å². The molecule has 0 N–H and O–H groups in total. The normalized spacial score (nSPS) is 10.3. The monoisotopic (exact) mass is 534 g/mol. The van der Waals surface area contributed by atoms with E-state index in [4.69, 9.17) is 0 Å². The second kappa shape index (κ2) is 11.0. The summed E-state index contributed by atoms with van der Waals surface area (Å²) in [6, 6.07) is 28.9. The summed E-state index contributed by atoms with van der Waals surface area (Å²) < 4.78 is 0. The molecule has 0 unspecified atom stereocenters. The number of hydrogen-bond acceptors (Lipinski definition) is 6. The maximum atomic E-state index is 4.61. The highest BCUT2D eigenvalue weighted by atomic mass is 14.8. The van der Waals surface area contributed by atoms with E-state index in [0.29, 0.717) is 17.1 Å². The van der Waals surface area contributed by atoms with Crippen LogP contribution in [0.25, 0.3) is 33.1 Å². The third kappa shape index (κ3) is 5.49. The van der Waals surface area contributed by atoms with Gasteiger partial charge < -0.3 is 0 Å². The molecule has 7 aromatic rings. The van der Waals surface area contributed by atoms with E-state index in [1.54, 1.807) is 18.6 Å². The van der Waals surface area contributed by atoms with Gasteiger partial charge in [-0.05, 0) is 72.4 Å². The molecular weight excluding hydrogens is 516 g/mol. The molecule has 0 bridgehead atoms. The second-order valence-corrected chi connectivity index (χ2v) is 9.28. The molecule has 0 radical (unpaired) electrons. The van der Waals surface area contributed by atoms with E-state index < -0.39 is 0 Å². The molecule has 3 heterocycles. The van der Waals surface area contributed by atoms with Gasteiger partial charge in [0.25, 0.3) is 0 Å². The van der Waals surface area contributed by atoms with Crippen LogP contribution in [0.15, 0.2) is 110 Å². The lowest BCUT2D eigenvalue weighted by molar-refractivity contribution is 1.26. The van der Waals surface area contributed by atoms with Crippen LogP contribution in [0.5, 0.6) is 0 Å². The lowest BCUT2D eigenvalue weighted by atomic mass is 10.1. The molecule has 0 amide bonds. The van der Waals surface area contributed by atoms with Crippen molar-refractivity contribution in [2.24, 2.45) is 0 Å². The molecule has 0 saturated carbocycles. The minimum Gasteiger partial charge on any atom is -0.252 e. The van der Waals surface area contributed by atoms with Crippen LogP contribution in [0.1, 0.15) is 33.8 Å². The number of benzene rings is 4. The van der Waals surface area contributed by atoms with Gasteiger partial charge in [-0.2, -0.15) is 0 Å². The lowest BCUT2D eigenvalue weighted by Crippen LogP contribution is -1.90. The fourth-order valence-electron chi connectivity index (χ4n) is 4.30. The summed E-state index contributed by atoms with van der Waals surface area (Å²) in [6.45, 7) is 0. The first kappa shape index (κ1) is 24.6. The predicted molar refractivity (Wildman–Crippen MR) is 163 cm³/mol. The minimum atomic E-state index is 0.579. The topological polar surface area (TPSA) is 77.3 Å². The number of nitrogens with zero attached hydrogens (tertiary/aromatic N) is 6. The summed E-state index contributed by atoms with van der Waals surface area (Å²) in [5.41, 5.74) is 8.84. The van der Waals surface area contributed by atoms with Crippen LogP contribution in [0.4, 0.5) is 0 Å². The molecule has 0 aliphatic heterocycles. The summed E-state index contributed by atoms with van der Waals surface area (Å²) in [5, 5.41) is 0. The van der Waals surface area contributed by atoms with Gasteiger partial charge in [0.15, 0.2) is 0 Å². The fraction of sp³-hybridized carbons (Fsp3) is 0. The third-order valence-electron chi connectivity index (χ3n) is 6.28. The lowest BCUT2D eigenvalue weighted by Gasteiger charge is -1.99. The van der Waals surface area contributed by atoms with Crippen LogP contribution >= 0.6 is 0 Å². The van der Waals surface area contributed by atoms with Gasteiger partial charge in [0, 0.05) is 16.7 Å². The van der Waals surface area contributed by atoms with E-state index >= 15 is 0 Å². The first-order chi connectivity index (χ1) is 20.7. The Morgan fingerprint density at radius 1 is 0.333 bits per heavy atom. The molecule has 4 aromatic carbocycles. The molecular formula is C36H18N6. The van der Waals surface area contributed by atoms with E-state index in [9.17, 15) is 0 Å². The minimum absolute atomic E-state index is 0.579. The van der Waals surface area contributed by atoms with Crippen LogP contribution < -0.4 is 0 Å². The summed E-state index contributed by atoms with van der Waals surface area (Å²) in [5.74, 6) is 19.0. The quantitative estimate of drug-likeness (QED) is 0.232. The zero-order valence-corrected chi connectivity index (χ0v) is 22.1. The first-order valence-electron chi connectivity index (χ1n) is 13.1. The van der Waals surface area contributed by atoms with Crippen molar-refractivity contribution in [1.29, 1.82) is 0 Å². The Bertz CT molecular complexity index is 2070. The number of hydrogen-bond donors (Lipinski definition) is 0. The van der Waals surface area contributed by atoms with Gasteiger partial charge in [-0.25, -0.2) is 15.0 Å². The molecule has 0 atom stereocenters.